The van der Waals surface area contributed by atoms with E-state index < -0.39 is 9.05 Å². The summed E-state index contributed by atoms with van der Waals surface area (Å²) in [5.74, 6) is -0.261. The number of ketones is 1. The van der Waals surface area contributed by atoms with Crippen LogP contribution in [-0.2, 0) is 20.2 Å². The fourth-order valence-electron chi connectivity index (χ4n) is 0.670. The molecule has 1 aromatic carbocycles. The molecule has 1 aromatic rings. The Balaban J connectivity index is -0.000000282. The minimum atomic E-state index is -3.83. The standard InChI is InChI=1S/C8H5Cl2O.Na.H2O3S2.H2S/c1-5(11)6-2-3-7(9)8(10)4-6;;1-5(2,3)4;/h2-4H,1H2;;(H2,1,2,3,4);1H2/q-1;+1;;. The van der Waals surface area contributed by atoms with Gasteiger partial charge in [-0.05, 0) is 0 Å². The van der Waals surface area contributed by atoms with Crippen LogP contribution in [0.25, 0.3) is 0 Å². The molecule has 2 N–H and O–H groups in total. The summed E-state index contributed by atoms with van der Waals surface area (Å²) in [6, 6.07) is 4.66. The first-order chi connectivity index (χ1) is 7.11. The van der Waals surface area contributed by atoms with Crippen LogP contribution in [0.1, 0.15) is 10.4 Å². The van der Waals surface area contributed by atoms with Crippen LogP contribution < -0.4 is 29.6 Å². The van der Waals surface area contributed by atoms with Crippen LogP contribution in [0.4, 0.5) is 0 Å². The molecule has 0 bridgehead atoms. The quantitative estimate of drug-likeness (QED) is 0.413. The third kappa shape index (κ3) is 13.4. The molecule has 18 heavy (non-hydrogen) atoms. The zero-order valence-corrected chi connectivity index (χ0v) is 15.4. The molecule has 0 aliphatic rings. The molecule has 0 saturated carbocycles. The van der Waals surface area contributed by atoms with Crippen LogP contribution in [0.15, 0.2) is 18.2 Å². The van der Waals surface area contributed by atoms with Crippen molar-refractivity contribution in [3.05, 3.63) is 40.7 Å². The molecular formula is C8H9Cl2NaO4S3. The first kappa shape index (κ1) is 24.0. The molecule has 0 aromatic heterocycles. The summed E-state index contributed by atoms with van der Waals surface area (Å²) in [5.41, 5.74) is 0.472. The predicted octanol–water partition coefficient (Wildman–Crippen LogP) is -0.194. The smallest absolute Gasteiger partial charge is 0.332 e. The molecule has 1 rings (SSSR count). The summed E-state index contributed by atoms with van der Waals surface area (Å²) in [4.78, 5) is 10.7. The van der Waals surface area contributed by atoms with Crippen molar-refractivity contribution in [1.29, 1.82) is 0 Å². The second-order valence-electron chi connectivity index (χ2n) is 2.50. The molecule has 0 unspecified atom stereocenters. The van der Waals surface area contributed by atoms with Crippen molar-refractivity contribution in [3.8, 4) is 0 Å². The topological polar surface area (TPSA) is 74.6 Å². The number of rotatable bonds is 1. The molecule has 0 heterocycles. The molecule has 0 spiro atoms. The Morgan fingerprint density at radius 1 is 1.28 bits per heavy atom. The minimum Gasteiger partial charge on any atom is -0.332 e. The molecule has 10 heteroatoms. The molecule has 0 saturated heterocycles. The Morgan fingerprint density at radius 3 is 1.94 bits per heavy atom. The predicted molar refractivity (Wildman–Crippen MR) is 77.3 cm³/mol. The summed E-state index contributed by atoms with van der Waals surface area (Å²) >= 11 is 14.7. The van der Waals surface area contributed by atoms with E-state index in [1.54, 1.807) is 12.1 Å². The van der Waals surface area contributed by atoms with Crippen molar-refractivity contribution < 1.29 is 47.7 Å². The molecule has 98 valence electrons. The maximum Gasteiger partial charge on any atom is 1.00 e. The van der Waals surface area contributed by atoms with Crippen molar-refractivity contribution in [3.63, 3.8) is 0 Å². The van der Waals surface area contributed by atoms with Gasteiger partial charge in [-0.25, -0.2) is 0 Å². The van der Waals surface area contributed by atoms with E-state index in [0.29, 0.717) is 15.6 Å². The SMILES string of the molecule is O=S(O)(O)=S.S.[CH2-]C(=O)c1ccc(Cl)c(Cl)c1.[Na+]. The average molecular weight is 359 g/mol. The van der Waals surface area contributed by atoms with Gasteiger partial charge in [0.1, 0.15) is 0 Å². The monoisotopic (exact) mass is 358 g/mol. The van der Waals surface area contributed by atoms with Crippen LogP contribution >= 0.6 is 36.7 Å². The summed E-state index contributed by atoms with van der Waals surface area (Å²) in [6.07, 6.45) is 0. The Hall–Kier alpha value is 0.980. The number of hydrogen-bond acceptors (Lipinski definition) is 3. The second kappa shape index (κ2) is 10.7. The molecule has 0 aliphatic heterocycles. The van der Waals surface area contributed by atoms with E-state index in [1.165, 1.54) is 6.07 Å². The second-order valence-corrected chi connectivity index (χ2v) is 5.51. The van der Waals surface area contributed by atoms with E-state index in [0.717, 1.165) is 0 Å². The van der Waals surface area contributed by atoms with Gasteiger partial charge in [0.15, 0.2) is 0 Å². The van der Waals surface area contributed by atoms with Crippen LogP contribution in [0, 0.1) is 6.92 Å². The maximum absolute atomic E-state index is 10.7. The van der Waals surface area contributed by atoms with Gasteiger partial charge in [0.05, 0.1) is 5.02 Å². The summed E-state index contributed by atoms with van der Waals surface area (Å²) in [6.45, 7) is 3.24. The zero-order chi connectivity index (χ0) is 12.9. The van der Waals surface area contributed by atoms with E-state index >= 15 is 0 Å². The number of hydrogen-bond donors (Lipinski definition) is 2. The van der Waals surface area contributed by atoms with Crippen LogP contribution in [0.2, 0.25) is 10.0 Å². The van der Waals surface area contributed by atoms with Crippen molar-refractivity contribution in [2.24, 2.45) is 0 Å². The summed E-state index contributed by atoms with van der Waals surface area (Å²) < 4.78 is 24.0. The molecule has 0 aliphatic carbocycles. The van der Waals surface area contributed by atoms with Crippen molar-refractivity contribution in [2.45, 2.75) is 0 Å². The first-order valence-corrected chi connectivity index (χ1v) is 6.78. The number of Topliss-reactive ketones (excluding diaryl/α,β-unsaturated/α-hetero) is 1. The van der Waals surface area contributed by atoms with E-state index in [2.05, 4.69) is 18.1 Å². The van der Waals surface area contributed by atoms with E-state index in [9.17, 15) is 4.79 Å². The van der Waals surface area contributed by atoms with Gasteiger partial charge in [-0.2, -0.15) is 24.6 Å². The van der Waals surface area contributed by atoms with Gasteiger partial charge in [0, 0.05) is 22.0 Å². The van der Waals surface area contributed by atoms with Gasteiger partial charge >= 0.3 is 29.6 Å². The van der Waals surface area contributed by atoms with Gasteiger partial charge in [-0.15, -0.1) is 17.7 Å². The first-order valence-electron chi connectivity index (χ1n) is 3.62. The average Bonchev–Trinajstić information content (AvgIpc) is 2.06. The minimum absolute atomic E-state index is 0. The van der Waals surface area contributed by atoms with Gasteiger partial charge in [-0.1, -0.05) is 29.3 Å². The van der Waals surface area contributed by atoms with Crippen LogP contribution in [-0.4, -0.2) is 19.1 Å². The number of benzene rings is 1. The molecular weight excluding hydrogens is 350 g/mol. The van der Waals surface area contributed by atoms with Crippen molar-refractivity contribution in [1.82, 2.24) is 0 Å². The number of halogens is 2. The Bertz CT molecular complexity index is 485. The normalized spacial score (nSPS) is 9.11. The maximum atomic E-state index is 10.7. The third-order valence-electron chi connectivity index (χ3n) is 1.24. The fourth-order valence-corrected chi connectivity index (χ4v) is 0.968. The molecule has 0 amide bonds. The van der Waals surface area contributed by atoms with Crippen LogP contribution in [0.5, 0.6) is 0 Å². The molecule has 0 atom stereocenters. The largest absolute Gasteiger partial charge is 1.00 e. The van der Waals surface area contributed by atoms with Gasteiger partial charge in [0.25, 0.3) is 9.05 Å². The van der Waals surface area contributed by atoms with E-state index in [-0.39, 0.29) is 48.8 Å². The number of carbonyl (C=O) groups excluding carboxylic acids is 1. The fraction of sp³-hybridized carbons (Fsp3) is 0. The Labute approximate surface area is 149 Å². The molecule has 0 fully saturated rings. The van der Waals surface area contributed by atoms with Gasteiger partial charge in [0.2, 0.25) is 0 Å². The Morgan fingerprint density at radius 2 is 1.67 bits per heavy atom. The van der Waals surface area contributed by atoms with E-state index in [1.807, 2.05) is 0 Å². The van der Waals surface area contributed by atoms with Crippen molar-refractivity contribution in [2.75, 3.05) is 0 Å². The summed E-state index contributed by atoms with van der Waals surface area (Å²) in [7, 11) is -3.83. The van der Waals surface area contributed by atoms with Crippen molar-refractivity contribution >= 4 is 62.7 Å². The van der Waals surface area contributed by atoms with Crippen LogP contribution in [0.3, 0.4) is 0 Å². The zero-order valence-electron chi connectivity index (χ0n) is 9.22. The molecule has 4 nitrogen and oxygen atoms in total. The van der Waals surface area contributed by atoms with E-state index in [4.69, 9.17) is 36.5 Å². The Kier molecular flexibility index (Phi) is 14.3. The van der Waals surface area contributed by atoms with Gasteiger partial charge in [-0.3, -0.25) is 9.11 Å². The molecule has 0 radical (unpaired) electrons. The third-order valence-corrected chi connectivity index (χ3v) is 1.98. The summed E-state index contributed by atoms with van der Waals surface area (Å²) in [5, 5.41) is 0.817. The van der Waals surface area contributed by atoms with Gasteiger partial charge < -0.3 is 4.79 Å². The number of carbonyl (C=O) groups is 1.